The van der Waals surface area contributed by atoms with Crippen LogP contribution in [0.1, 0.15) is 40.0 Å². The van der Waals surface area contributed by atoms with Crippen LogP contribution in [0.25, 0.3) is 0 Å². The topological polar surface area (TPSA) is 29.3 Å². The molecule has 14 heavy (non-hydrogen) atoms. The Balaban J connectivity index is 2.72. The maximum absolute atomic E-state index is 5.89. The van der Waals surface area contributed by atoms with Gasteiger partial charge in [-0.3, -0.25) is 0 Å². The van der Waals surface area contributed by atoms with Crippen molar-refractivity contribution in [3.8, 4) is 0 Å². The summed E-state index contributed by atoms with van der Waals surface area (Å²) < 4.78 is 0. The molecule has 84 valence electrons. The van der Waals surface area contributed by atoms with Crippen LogP contribution in [0.2, 0.25) is 0 Å². The average molecular weight is 198 g/mol. The molecule has 0 aromatic rings. The zero-order chi connectivity index (χ0) is 10.6. The summed E-state index contributed by atoms with van der Waals surface area (Å²) in [5, 5.41) is 0. The van der Waals surface area contributed by atoms with E-state index in [1.54, 1.807) is 0 Å². The zero-order valence-electron chi connectivity index (χ0n) is 10.00. The van der Waals surface area contributed by atoms with Gasteiger partial charge in [0.15, 0.2) is 0 Å². The molecule has 2 N–H and O–H groups in total. The lowest BCUT2D eigenvalue weighted by Crippen LogP contribution is -2.45. The Hall–Kier alpha value is -0.0800. The van der Waals surface area contributed by atoms with E-state index in [4.69, 9.17) is 5.73 Å². The van der Waals surface area contributed by atoms with Gasteiger partial charge in [-0.1, -0.05) is 27.2 Å². The smallest absolute Gasteiger partial charge is 0.0158 e. The minimum atomic E-state index is 0.715. The van der Waals surface area contributed by atoms with E-state index in [9.17, 15) is 0 Å². The van der Waals surface area contributed by atoms with E-state index in [2.05, 4.69) is 25.7 Å². The van der Waals surface area contributed by atoms with Crippen LogP contribution in [-0.2, 0) is 0 Å². The summed E-state index contributed by atoms with van der Waals surface area (Å²) in [7, 11) is 0. The van der Waals surface area contributed by atoms with Crippen LogP contribution in [0.3, 0.4) is 0 Å². The third-order valence-electron chi connectivity index (χ3n) is 3.57. The molecule has 0 radical (unpaired) electrons. The lowest BCUT2D eigenvalue weighted by molar-refractivity contribution is 0.122. The van der Waals surface area contributed by atoms with Gasteiger partial charge in [0.25, 0.3) is 0 Å². The maximum atomic E-state index is 5.89. The van der Waals surface area contributed by atoms with Crippen LogP contribution < -0.4 is 5.73 Å². The summed E-state index contributed by atoms with van der Waals surface area (Å²) in [6.45, 7) is 10.3. The van der Waals surface area contributed by atoms with Gasteiger partial charge in [-0.05, 0) is 44.3 Å². The molecule has 0 saturated carbocycles. The summed E-state index contributed by atoms with van der Waals surface area (Å²) in [6.07, 6.45) is 4.05. The standard InChI is InChI=1S/C12H26N2/c1-4-14-8-6-5-7-11(9-13)12(14)10(2)3/h10-12H,4-9,13H2,1-3H3/t11-,12-/m1/s1. The molecular formula is C12H26N2. The molecule has 1 aliphatic rings. The highest BCUT2D eigenvalue weighted by Gasteiger charge is 2.29. The fourth-order valence-corrected chi connectivity index (χ4v) is 2.93. The Bertz CT molecular complexity index is 142. The Morgan fingerprint density at radius 3 is 2.57 bits per heavy atom. The number of nitrogens with zero attached hydrogens (tertiary/aromatic N) is 1. The molecule has 2 atom stereocenters. The van der Waals surface area contributed by atoms with Gasteiger partial charge in [0.1, 0.15) is 0 Å². The lowest BCUT2D eigenvalue weighted by Gasteiger charge is -2.36. The van der Waals surface area contributed by atoms with Crippen molar-refractivity contribution in [2.75, 3.05) is 19.6 Å². The van der Waals surface area contributed by atoms with Crippen LogP contribution >= 0.6 is 0 Å². The minimum absolute atomic E-state index is 0.715. The first kappa shape index (κ1) is 12.0. The number of hydrogen-bond donors (Lipinski definition) is 1. The first-order valence-corrected chi connectivity index (χ1v) is 6.14. The second kappa shape index (κ2) is 5.72. The highest BCUT2D eigenvalue weighted by Crippen LogP contribution is 2.27. The molecule has 1 heterocycles. The van der Waals surface area contributed by atoms with Crippen molar-refractivity contribution in [2.45, 2.75) is 46.1 Å². The Kier molecular flexibility index (Phi) is 4.90. The van der Waals surface area contributed by atoms with E-state index >= 15 is 0 Å². The molecule has 0 aromatic heterocycles. The number of nitrogens with two attached hydrogens (primary N) is 1. The molecule has 1 aliphatic heterocycles. The van der Waals surface area contributed by atoms with Crippen molar-refractivity contribution in [3.63, 3.8) is 0 Å². The summed E-state index contributed by atoms with van der Waals surface area (Å²) in [6, 6.07) is 0.715. The lowest BCUT2D eigenvalue weighted by atomic mass is 9.87. The van der Waals surface area contributed by atoms with Crippen LogP contribution in [-0.4, -0.2) is 30.6 Å². The van der Waals surface area contributed by atoms with Crippen molar-refractivity contribution in [2.24, 2.45) is 17.6 Å². The molecule has 2 nitrogen and oxygen atoms in total. The van der Waals surface area contributed by atoms with Gasteiger partial charge in [-0.15, -0.1) is 0 Å². The Labute approximate surface area is 88.8 Å². The fraction of sp³-hybridized carbons (Fsp3) is 1.00. The van der Waals surface area contributed by atoms with Gasteiger partial charge in [0.05, 0.1) is 0 Å². The molecule has 1 saturated heterocycles. The summed E-state index contributed by atoms with van der Waals surface area (Å²) in [4.78, 5) is 2.63. The van der Waals surface area contributed by atoms with E-state index in [1.807, 2.05) is 0 Å². The number of likely N-dealkylation sites (tertiary alicyclic amines) is 1. The normalized spacial score (nSPS) is 30.6. The van der Waals surface area contributed by atoms with Crippen molar-refractivity contribution in [3.05, 3.63) is 0 Å². The highest BCUT2D eigenvalue weighted by atomic mass is 15.2. The van der Waals surface area contributed by atoms with Gasteiger partial charge in [0.2, 0.25) is 0 Å². The molecule has 0 bridgehead atoms. The van der Waals surface area contributed by atoms with Crippen molar-refractivity contribution < 1.29 is 0 Å². The van der Waals surface area contributed by atoms with E-state index in [-0.39, 0.29) is 0 Å². The second-order valence-electron chi connectivity index (χ2n) is 4.85. The zero-order valence-corrected chi connectivity index (χ0v) is 10.00. The molecule has 0 unspecified atom stereocenters. The van der Waals surface area contributed by atoms with E-state index in [0.717, 1.165) is 18.4 Å². The monoisotopic (exact) mass is 198 g/mol. The second-order valence-corrected chi connectivity index (χ2v) is 4.85. The average Bonchev–Trinajstić information content (AvgIpc) is 2.38. The van der Waals surface area contributed by atoms with Crippen molar-refractivity contribution in [1.82, 2.24) is 4.90 Å². The first-order chi connectivity index (χ1) is 6.70. The largest absolute Gasteiger partial charge is 0.330 e. The Morgan fingerprint density at radius 2 is 2.07 bits per heavy atom. The molecule has 2 heteroatoms. The third kappa shape index (κ3) is 2.71. The van der Waals surface area contributed by atoms with Gasteiger partial charge < -0.3 is 10.6 Å². The maximum Gasteiger partial charge on any atom is 0.0158 e. The summed E-state index contributed by atoms with van der Waals surface area (Å²) in [5.41, 5.74) is 5.89. The number of rotatable bonds is 3. The van der Waals surface area contributed by atoms with Gasteiger partial charge in [-0.2, -0.15) is 0 Å². The van der Waals surface area contributed by atoms with Crippen LogP contribution in [0.15, 0.2) is 0 Å². The van der Waals surface area contributed by atoms with Gasteiger partial charge in [0, 0.05) is 6.04 Å². The molecule has 1 rings (SSSR count). The Morgan fingerprint density at radius 1 is 1.36 bits per heavy atom. The van der Waals surface area contributed by atoms with Crippen LogP contribution in [0.5, 0.6) is 0 Å². The van der Waals surface area contributed by atoms with E-state index in [1.165, 1.54) is 32.4 Å². The number of hydrogen-bond acceptors (Lipinski definition) is 2. The van der Waals surface area contributed by atoms with E-state index in [0.29, 0.717) is 6.04 Å². The van der Waals surface area contributed by atoms with Crippen molar-refractivity contribution >= 4 is 0 Å². The van der Waals surface area contributed by atoms with E-state index < -0.39 is 0 Å². The quantitative estimate of drug-likeness (QED) is 0.752. The molecular weight excluding hydrogens is 172 g/mol. The fourth-order valence-electron chi connectivity index (χ4n) is 2.93. The molecule has 1 fully saturated rings. The van der Waals surface area contributed by atoms with Crippen molar-refractivity contribution in [1.29, 1.82) is 0 Å². The van der Waals surface area contributed by atoms with Gasteiger partial charge >= 0.3 is 0 Å². The highest BCUT2D eigenvalue weighted by molar-refractivity contribution is 4.84. The van der Waals surface area contributed by atoms with Crippen LogP contribution in [0, 0.1) is 11.8 Å². The molecule has 0 amide bonds. The first-order valence-electron chi connectivity index (χ1n) is 6.14. The van der Waals surface area contributed by atoms with Gasteiger partial charge in [-0.25, -0.2) is 0 Å². The predicted molar refractivity (Wildman–Crippen MR) is 62.3 cm³/mol. The summed E-state index contributed by atoms with van der Waals surface area (Å²) in [5.74, 6) is 1.46. The SMILES string of the molecule is CCN1CCCC[C@H](CN)[C@H]1C(C)C. The molecule has 0 aliphatic carbocycles. The third-order valence-corrected chi connectivity index (χ3v) is 3.57. The minimum Gasteiger partial charge on any atom is -0.330 e. The summed E-state index contributed by atoms with van der Waals surface area (Å²) >= 11 is 0. The molecule has 0 spiro atoms. The molecule has 0 aromatic carbocycles. The van der Waals surface area contributed by atoms with Crippen LogP contribution in [0.4, 0.5) is 0 Å². The predicted octanol–water partition coefficient (Wildman–Crippen LogP) is 2.09.